The molecule has 0 saturated heterocycles. The number of carbonyl (C=O) groups excluding carboxylic acids is 2. The Morgan fingerprint density at radius 2 is 1.77 bits per heavy atom. The standard InChI is InChI=1S/C19H21Br2N3O2/c1-12(18(25)23-17-9-8-15(20)10-16(17)21)24(3)11-13-4-6-14(7-5-13)19(26)22-2/h4-10,12H,11H2,1-3H3,(H,22,26)(H,23,25). The van der Waals surface area contributed by atoms with Crippen LogP contribution in [0.15, 0.2) is 51.4 Å². The predicted molar refractivity (Wildman–Crippen MR) is 111 cm³/mol. The zero-order chi connectivity index (χ0) is 19.3. The molecule has 0 saturated carbocycles. The van der Waals surface area contributed by atoms with Crippen molar-refractivity contribution in [2.75, 3.05) is 19.4 Å². The van der Waals surface area contributed by atoms with Gasteiger partial charge in [-0.1, -0.05) is 28.1 Å². The van der Waals surface area contributed by atoms with E-state index in [2.05, 4.69) is 42.5 Å². The van der Waals surface area contributed by atoms with Crippen LogP contribution in [-0.2, 0) is 11.3 Å². The maximum atomic E-state index is 12.5. The number of nitrogens with one attached hydrogen (secondary N) is 2. The molecule has 2 N–H and O–H groups in total. The first-order valence-corrected chi connectivity index (χ1v) is 9.67. The number of halogens is 2. The van der Waals surface area contributed by atoms with E-state index < -0.39 is 0 Å². The second kappa shape index (κ2) is 9.30. The monoisotopic (exact) mass is 481 g/mol. The zero-order valence-electron chi connectivity index (χ0n) is 14.8. The van der Waals surface area contributed by atoms with Crippen molar-refractivity contribution in [2.24, 2.45) is 0 Å². The number of anilines is 1. The van der Waals surface area contributed by atoms with Gasteiger partial charge in [-0.2, -0.15) is 0 Å². The van der Waals surface area contributed by atoms with Gasteiger partial charge < -0.3 is 10.6 Å². The maximum Gasteiger partial charge on any atom is 0.251 e. The number of nitrogens with zero attached hydrogens (tertiary/aromatic N) is 1. The first kappa shape index (κ1) is 20.6. The molecular formula is C19H21Br2N3O2. The highest BCUT2D eigenvalue weighted by molar-refractivity contribution is 9.11. The van der Waals surface area contributed by atoms with Gasteiger partial charge in [0, 0.05) is 28.1 Å². The maximum absolute atomic E-state index is 12.5. The molecule has 2 amide bonds. The Balaban J connectivity index is 1.98. The molecule has 2 rings (SSSR count). The van der Waals surface area contributed by atoms with Gasteiger partial charge in [-0.05, 0) is 65.8 Å². The van der Waals surface area contributed by atoms with Crippen molar-refractivity contribution >= 4 is 49.4 Å². The van der Waals surface area contributed by atoms with Crippen LogP contribution in [0.4, 0.5) is 5.69 Å². The van der Waals surface area contributed by atoms with Gasteiger partial charge >= 0.3 is 0 Å². The SMILES string of the molecule is CNC(=O)c1ccc(CN(C)C(C)C(=O)Nc2ccc(Br)cc2Br)cc1. The second-order valence-electron chi connectivity index (χ2n) is 5.98. The Morgan fingerprint density at radius 1 is 1.12 bits per heavy atom. The first-order chi connectivity index (χ1) is 12.3. The lowest BCUT2D eigenvalue weighted by Crippen LogP contribution is -2.39. The molecule has 0 spiro atoms. The van der Waals surface area contributed by atoms with Gasteiger partial charge in [0.1, 0.15) is 0 Å². The Kier molecular flexibility index (Phi) is 7.37. The molecule has 138 valence electrons. The lowest BCUT2D eigenvalue weighted by molar-refractivity contribution is -0.120. The third-order valence-electron chi connectivity index (χ3n) is 4.10. The van der Waals surface area contributed by atoms with Crippen LogP contribution in [0.2, 0.25) is 0 Å². The van der Waals surface area contributed by atoms with Crippen LogP contribution in [0, 0.1) is 0 Å². The summed E-state index contributed by atoms with van der Waals surface area (Å²) in [7, 11) is 3.50. The molecule has 1 unspecified atom stereocenters. The van der Waals surface area contributed by atoms with Crippen molar-refractivity contribution in [1.82, 2.24) is 10.2 Å². The highest BCUT2D eigenvalue weighted by Crippen LogP contribution is 2.26. The number of hydrogen-bond acceptors (Lipinski definition) is 3. The second-order valence-corrected chi connectivity index (χ2v) is 7.75. The fraction of sp³-hybridized carbons (Fsp3) is 0.263. The van der Waals surface area contributed by atoms with E-state index in [1.54, 1.807) is 19.2 Å². The average Bonchev–Trinajstić information content (AvgIpc) is 2.63. The lowest BCUT2D eigenvalue weighted by Gasteiger charge is -2.24. The summed E-state index contributed by atoms with van der Waals surface area (Å²) in [4.78, 5) is 26.1. The summed E-state index contributed by atoms with van der Waals surface area (Å²) < 4.78 is 1.76. The van der Waals surface area contributed by atoms with Crippen molar-refractivity contribution < 1.29 is 9.59 Å². The molecule has 0 aliphatic rings. The minimum atomic E-state index is -0.316. The number of likely N-dealkylation sites (N-methyl/N-ethyl adjacent to an activating group) is 1. The third-order valence-corrected chi connectivity index (χ3v) is 5.25. The summed E-state index contributed by atoms with van der Waals surface area (Å²) in [5, 5.41) is 5.53. The van der Waals surface area contributed by atoms with Crippen LogP contribution in [0.1, 0.15) is 22.8 Å². The Bertz CT molecular complexity index is 794. The van der Waals surface area contributed by atoms with E-state index >= 15 is 0 Å². The van der Waals surface area contributed by atoms with E-state index in [-0.39, 0.29) is 17.9 Å². The van der Waals surface area contributed by atoms with Crippen LogP contribution < -0.4 is 10.6 Å². The number of hydrogen-bond donors (Lipinski definition) is 2. The molecular weight excluding hydrogens is 462 g/mol. The zero-order valence-corrected chi connectivity index (χ0v) is 18.0. The predicted octanol–water partition coefficient (Wildman–Crippen LogP) is 4.03. The van der Waals surface area contributed by atoms with Crippen LogP contribution in [0.3, 0.4) is 0 Å². The minimum absolute atomic E-state index is 0.0856. The highest BCUT2D eigenvalue weighted by atomic mass is 79.9. The molecule has 0 aliphatic carbocycles. The quantitative estimate of drug-likeness (QED) is 0.653. The molecule has 0 aliphatic heterocycles. The molecule has 0 aromatic heterocycles. The minimum Gasteiger partial charge on any atom is -0.355 e. The Labute approximate surface area is 170 Å². The van der Waals surface area contributed by atoms with Gasteiger partial charge in [0.15, 0.2) is 0 Å². The van der Waals surface area contributed by atoms with Crippen molar-refractivity contribution in [1.29, 1.82) is 0 Å². The topological polar surface area (TPSA) is 61.4 Å². The number of carbonyl (C=O) groups is 2. The van der Waals surface area contributed by atoms with Gasteiger partial charge in [0.2, 0.25) is 5.91 Å². The van der Waals surface area contributed by atoms with E-state index in [0.29, 0.717) is 12.1 Å². The Hall–Kier alpha value is -1.70. The average molecular weight is 483 g/mol. The van der Waals surface area contributed by atoms with Crippen molar-refractivity contribution in [3.63, 3.8) is 0 Å². The van der Waals surface area contributed by atoms with Gasteiger partial charge in [-0.3, -0.25) is 14.5 Å². The molecule has 7 heteroatoms. The van der Waals surface area contributed by atoms with Crippen LogP contribution in [-0.4, -0.2) is 36.9 Å². The lowest BCUT2D eigenvalue weighted by atomic mass is 10.1. The number of amides is 2. The molecule has 0 fully saturated rings. The molecule has 5 nitrogen and oxygen atoms in total. The van der Waals surface area contributed by atoms with Crippen molar-refractivity contribution in [2.45, 2.75) is 19.5 Å². The molecule has 26 heavy (non-hydrogen) atoms. The van der Waals surface area contributed by atoms with Crippen molar-refractivity contribution in [3.8, 4) is 0 Å². The molecule has 0 radical (unpaired) electrons. The van der Waals surface area contributed by atoms with E-state index in [1.807, 2.05) is 49.2 Å². The Morgan fingerprint density at radius 3 is 2.35 bits per heavy atom. The van der Waals surface area contributed by atoms with Gasteiger partial charge in [0.25, 0.3) is 5.91 Å². The number of benzene rings is 2. The first-order valence-electron chi connectivity index (χ1n) is 8.09. The molecule has 0 bridgehead atoms. The van der Waals surface area contributed by atoms with Crippen molar-refractivity contribution in [3.05, 3.63) is 62.5 Å². The third kappa shape index (κ3) is 5.40. The van der Waals surface area contributed by atoms with Gasteiger partial charge in [-0.25, -0.2) is 0 Å². The van der Waals surface area contributed by atoms with Gasteiger partial charge in [0.05, 0.1) is 11.7 Å². The largest absolute Gasteiger partial charge is 0.355 e. The van der Waals surface area contributed by atoms with Crippen LogP contribution in [0.25, 0.3) is 0 Å². The summed E-state index contributed by atoms with van der Waals surface area (Å²) in [5.74, 6) is -0.199. The molecule has 2 aromatic carbocycles. The summed E-state index contributed by atoms with van der Waals surface area (Å²) in [6, 6.07) is 12.7. The van der Waals surface area contributed by atoms with Crippen LogP contribution in [0.5, 0.6) is 0 Å². The smallest absolute Gasteiger partial charge is 0.251 e. The van der Waals surface area contributed by atoms with E-state index in [4.69, 9.17) is 0 Å². The fourth-order valence-corrected chi connectivity index (χ4v) is 3.51. The summed E-state index contributed by atoms with van der Waals surface area (Å²) in [6.45, 7) is 2.46. The number of rotatable bonds is 6. The van der Waals surface area contributed by atoms with Gasteiger partial charge in [-0.15, -0.1) is 0 Å². The van der Waals surface area contributed by atoms with Crippen LogP contribution >= 0.6 is 31.9 Å². The fourth-order valence-electron chi connectivity index (χ4n) is 2.36. The van der Waals surface area contributed by atoms with E-state index in [0.717, 1.165) is 20.2 Å². The normalized spacial score (nSPS) is 11.9. The highest BCUT2D eigenvalue weighted by Gasteiger charge is 2.19. The molecule has 2 aromatic rings. The summed E-state index contributed by atoms with van der Waals surface area (Å²) in [5.41, 5.74) is 2.38. The molecule has 1 atom stereocenters. The summed E-state index contributed by atoms with van der Waals surface area (Å²) >= 11 is 6.84. The summed E-state index contributed by atoms with van der Waals surface area (Å²) in [6.07, 6.45) is 0. The van der Waals surface area contributed by atoms with E-state index in [9.17, 15) is 9.59 Å². The molecule has 0 heterocycles. The van der Waals surface area contributed by atoms with E-state index in [1.165, 1.54) is 0 Å².